The van der Waals surface area contributed by atoms with Gasteiger partial charge in [0.25, 0.3) is 0 Å². The Labute approximate surface area is 145 Å². The molecule has 0 radical (unpaired) electrons. The molecule has 0 saturated heterocycles. The van der Waals surface area contributed by atoms with Gasteiger partial charge >= 0.3 is 0 Å². The Kier molecular flexibility index (Phi) is 12.1. The van der Waals surface area contributed by atoms with Crippen LogP contribution in [0.3, 0.4) is 0 Å². The zero-order valence-corrected chi connectivity index (χ0v) is 15.6. The molecule has 0 atom stereocenters. The fraction of sp³-hybridized carbons (Fsp3) is 0.562. The van der Waals surface area contributed by atoms with Gasteiger partial charge in [0.05, 0.1) is 13.2 Å². The summed E-state index contributed by atoms with van der Waals surface area (Å²) < 4.78 is 5.71. The van der Waals surface area contributed by atoms with Gasteiger partial charge in [-0.3, -0.25) is 0 Å². The van der Waals surface area contributed by atoms with Crippen molar-refractivity contribution in [3.63, 3.8) is 0 Å². The molecule has 5 heteroatoms. The first kappa shape index (κ1) is 20.0. The summed E-state index contributed by atoms with van der Waals surface area (Å²) >= 11 is 0. The fourth-order valence-electron chi connectivity index (χ4n) is 1.75. The Bertz CT molecular complexity index is 402. The number of benzene rings is 1. The summed E-state index contributed by atoms with van der Waals surface area (Å²) in [7, 11) is 0. The van der Waals surface area contributed by atoms with E-state index in [1.807, 2.05) is 12.1 Å². The van der Waals surface area contributed by atoms with Crippen molar-refractivity contribution in [3.8, 4) is 5.75 Å². The number of rotatable bonds is 8. The van der Waals surface area contributed by atoms with Crippen LogP contribution in [0.15, 0.2) is 29.3 Å². The highest BCUT2D eigenvalue weighted by molar-refractivity contribution is 14.0. The molecule has 1 aromatic rings. The molecule has 0 aliphatic heterocycles. The van der Waals surface area contributed by atoms with E-state index in [1.165, 1.54) is 0 Å². The molecule has 21 heavy (non-hydrogen) atoms. The van der Waals surface area contributed by atoms with Crippen LogP contribution >= 0.6 is 24.0 Å². The molecule has 0 saturated carbocycles. The smallest absolute Gasteiger partial charge is 0.191 e. The summed E-state index contributed by atoms with van der Waals surface area (Å²) in [5.41, 5.74) is 1.16. The predicted octanol–water partition coefficient (Wildman–Crippen LogP) is 3.56. The first-order valence-corrected chi connectivity index (χ1v) is 7.54. The van der Waals surface area contributed by atoms with Gasteiger partial charge in [-0.25, -0.2) is 4.99 Å². The van der Waals surface area contributed by atoms with Crippen LogP contribution in [0.1, 0.15) is 39.2 Å². The number of unbranched alkanes of at least 4 members (excludes halogenated alkanes) is 1. The molecule has 0 unspecified atom stereocenters. The molecule has 0 fully saturated rings. The number of hydrogen-bond donors (Lipinski definition) is 2. The maximum atomic E-state index is 5.71. The Morgan fingerprint density at radius 1 is 1.14 bits per heavy atom. The van der Waals surface area contributed by atoms with Crippen molar-refractivity contribution in [3.05, 3.63) is 29.8 Å². The second-order valence-electron chi connectivity index (χ2n) is 4.57. The maximum absolute atomic E-state index is 5.71. The van der Waals surface area contributed by atoms with Crippen LogP contribution in [-0.2, 0) is 6.54 Å². The molecule has 0 spiro atoms. The van der Waals surface area contributed by atoms with Crippen molar-refractivity contribution < 1.29 is 4.74 Å². The lowest BCUT2D eigenvalue weighted by atomic mass is 10.2. The number of aliphatic imine (C=N–C) groups is 1. The van der Waals surface area contributed by atoms with E-state index in [-0.39, 0.29) is 24.0 Å². The molecule has 120 valence electrons. The van der Waals surface area contributed by atoms with E-state index in [9.17, 15) is 0 Å². The van der Waals surface area contributed by atoms with E-state index in [0.29, 0.717) is 6.54 Å². The molecule has 0 aliphatic carbocycles. The van der Waals surface area contributed by atoms with Gasteiger partial charge in [-0.1, -0.05) is 25.5 Å². The molecule has 0 amide bonds. The topological polar surface area (TPSA) is 45.6 Å². The van der Waals surface area contributed by atoms with Gasteiger partial charge in [-0.15, -0.1) is 24.0 Å². The highest BCUT2D eigenvalue weighted by Crippen LogP contribution is 2.14. The minimum atomic E-state index is 0. The van der Waals surface area contributed by atoms with E-state index in [1.54, 1.807) is 0 Å². The average Bonchev–Trinajstić information content (AvgIpc) is 2.46. The van der Waals surface area contributed by atoms with Gasteiger partial charge in [-0.05, 0) is 38.0 Å². The Balaban J connectivity index is 0.00000400. The largest absolute Gasteiger partial charge is 0.494 e. The predicted molar refractivity (Wildman–Crippen MR) is 101 cm³/mol. The lowest BCUT2D eigenvalue weighted by molar-refractivity contribution is 0.309. The van der Waals surface area contributed by atoms with E-state index in [4.69, 9.17) is 4.74 Å². The van der Waals surface area contributed by atoms with Crippen molar-refractivity contribution in [2.45, 2.75) is 40.2 Å². The zero-order valence-electron chi connectivity index (χ0n) is 13.3. The van der Waals surface area contributed by atoms with E-state index in [0.717, 1.165) is 49.8 Å². The lowest BCUT2D eigenvalue weighted by Gasteiger charge is -2.10. The molecule has 2 N–H and O–H groups in total. The second-order valence-corrected chi connectivity index (χ2v) is 4.57. The van der Waals surface area contributed by atoms with E-state index < -0.39 is 0 Å². The van der Waals surface area contributed by atoms with Gasteiger partial charge in [0.15, 0.2) is 5.96 Å². The summed E-state index contributed by atoms with van der Waals surface area (Å²) in [6, 6.07) is 8.16. The maximum Gasteiger partial charge on any atom is 0.191 e. The molecule has 4 nitrogen and oxygen atoms in total. The minimum absolute atomic E-state index is 0. The SMILES string of the molecule is CCCCOc1cccc(CN=C(NCC)NCC)c1.I. The van der Waals surface area contributed by atoms with Crippen molar-refractivity contribution >= 4 is 29.9 Å². The van der Waals surface area contributed by atoms with Gasteiger partial charge in [0.2, 0.25) is 0 Å². The third-order valence-corrected chi connectivity index (χ3v) is 2.77. The summed E-state index contributed by atoms with van der Waals surface area (Å²) in [6.45, 7) is 9.46. The average molecular weight is 405 g/mol. The van der Waals surface area contributed by atoms with E-state index in [2.05, 4.69) is 48.5 Å². The second kappa shape index (κ2) is 12.7. The Morgan fingerprint density at radius 2 is 1.86 bits per heavy atom. The van der Waals surface area contributed by atoms with Gasteiger partial charge < -0.3 is 15.4 Å². The highest BCUT2D eigenvalue weighted by Gasteiger charge is 1.98. The molecule has 0 aromatic heterocycles. The molecule has 0 heterocycles. The van der Waals surface area contributed by atoms with Gasteiger partial charge in [0.1, 0.15) is 5.75 Å². The van der Waals surface area contributed by atoms with Crippen LogP contribution in [0.25, 0.3) is 0 Å². The molecular weight excluding hydrogens is 377 g/mol. The van der Waals surface area contributed by atoms with Crippen LogP contribution < -0.4 is 15.4 Å². The third-order valence-electron chi connectivity index (χ3n) is 2.77. The van der Waals surface area contributed by atoms with Crippen molar-refractivity contribution in [2.24, 2.45) is 4.99 Å². The number of hydrogen-bond acceptors (Lipinski definition) is 2. The Hall–Kier alpha value is -0.980. The van der Waals surface area contributed by atoms with Crippen molar-refractivity contribution in [1.29, 1.82) is 0 Å². The van der Waals surface area contributed by atoms with E-state index >= 15 is 0 Å². The summed E-state index contributed by atoms with van der Waals surface area (Å²) in [4.78, 5) is 4.55. The monoisotopic (exact) mass is 405 g/mol. The number of nitrogens with one attached hydrogen (secondary N) is 2. The fourth-order valence-corrected chi connectivity index (χ4v) is 1.75. The molecule has 1 rings (SSSR count). The minimum Gasteiger partial charge on any atom is -0.494 e. The van der Waals surface area contributed by atoms with Crippen molar-refractivity contribution in [2.75, 3.05) is 19.7 Å². The number of ether oxygens (including phenoxy) is 1. The highest BCUT2D eigenvalue weighted by atomic mass is 127. The van der Waals surface area contributed by atoms with Crippen LogP contribution in [0.5, 0.6) is 5.75 Å². The molecule has 0 aliphatic rings. The standard InChI is InChI=1S/C16H27N3O.HI/c1-4-7-11-20-15-10-8-9-14(12-15)13-19-16(17-5-2)18-6-3;/h8-10,12H,4-7,11,13H2,1-3H3,(H2,17,18,19);1H. The number of guanidine groups is 1. The number of halogens is 1. The first-order valence-electron chi connectivity index (χ1n) is 7.54. The normalized spacial score (nSPS) is 9.48. The molecule has 0 bridgehead atoms. The third kappa shape index (κ3) is 8.80. The van der Waals surface area contributed by atoms with Crippen LogP contribution in [0, 0.1) is 0 Å². The first-order chi connectivity index (χ1) is 9.80. The zero-order chi connectivity index (χ0) is 14.6. The quantitative estimate of drug-likeness (QED) is 0.301. The Morgan fingerprint density at radius 3 is 2.48 bits per heavy atom. The van der Waals surface area contributed by atoms with Gasteiger partial charge in [0, 0.05) is 13.1 Å². The molecular formula is C16H28IN3O. The summed E-state index contributed by atoms with van der Waals surface area (Å²) in [5.74, 6) is 1.78. The van der Waals surface area contributed by atoms with Crippen molar-refractivity contribution in [1.82, 2.24) is 10.6 Å². The van der Waals surface area contributed by atoms with Crippen LogP contribution in [0.4, 0.5) is 0 Å². The lowest BCUT2D eigenvalue weighted by Crippen LogP contribution is -2.36. The summed E-state index contributed by atoms with van der Waals surface area (Å²) in [6.07, 6.45) is 2.24. The van der Waals surface area contributed by atoms with Crippen LogP contribution in [0.2, 0.25) is 0 Å². The van der Waals surface area contributed by atoms with Gasteiger partial charge in [-0.2, -0.15) is 0 Å². The van der Waals surface area contributed by atoms with Crippen LogP contribution in [-0.4, -0.2) is 25.7 Å². The summed E-state index contributed by atoms with van der Waals surface area (Å²) in [5, 5.41) is 6.44. The molecule has 1 aromatic carbocycles. The number of nitrogens with zero attached hydrogens (tertiary/aromatic N) is 1.